The number of aromatic amines is 1. The molecule has 0 radical (unpaired) electrons. The molecule has 5 fully saturated rings. The molecule has 2 aromatic carbocycles. The Morgan fingerprint density at radius 1 is 1.10 bits per heavy atom. The summed E-state index contributed by atoms with van der Waals surface area (Å²) in [6, 6.07) is 14.6. The van der Waals surface area contributed by atoms with Gasteiger partial charge in [0.25, 0.3) is 11.6 Å². The highest BCUT2D eigenvalue weighted by molar-refractivity contribution is 8.13. The van der Waals surface area contributed by atoms with Crippen LogP contribution in [0, 0.1) is 26.9 Å². The molecular formula is C46H56FN7O5S. The van der Waals surface area contributed by atoms with Crippen LogP contribution in [0.2, 0.25) is 0 Å². The summed E-state index contributed by atoms with van der Waals surface area (Å²) in [5.74, 6) is 0.932. The fourth-order valence-corrected chi connectivity index (χ4v) is 11.4. The molecular weight excluding hydrogens is 782 g/mol. The van der Waals surface area contributed by atoms with Crippen molar-refractivity contribution in [1.29, 1.82) is 0 Å². The zero-order valence-electron chi connectivity index (χ0n) is 34.9. The van der Waals surface area contributed by atoms with Crippen molar-refractivity contribution in [2.24, 2.45) is 16.7 Å². The van der Waals surface area contributed by atoms with Crippen molar-refractivity contribution < 1.29 is 23.6 Å². The number of carbonyl (C=O) groups excluding carboxylic acids is 1. The van der Waals surface area contributed by atoms with Crippen molar-refractivity contribution in [1.82, 2.24) is 19.6 Å². The smallest absolute Gasteiger partial charge is 0.293 e. The fraction of sp³-hybridized carbons (Fsp3) is 0.500. The summed E-state index contributed by atoms with van der Waals surface area (Å²) >= 11 is 0. The number of hydrogen-bond donors (Lipinski definition) is 3. The number of fused-ring (bicyclic) bond motifs is 1. The van der Waals surface area contributed by atoms with Gasteiger partial charge in [0.2, 0.25) is 0 Å². The van der Waals surface area contributed by atoms with Crippen LogP contribution < -0.4 is 19.7 Å². The minimum absolute atomic E-state index is 0.0292. The Morgan fingerprint density at radius 3 is 2.62 bits per heavy atom. The fourth-order valence-electron chi connectivity index (χ4n) is 10.1. The molecule has 2 saturated heterocycles. The number of piperazine rings is 1. The Balaban J connectivity index is 0.919. The molecule has 4 heterocycles. The van der Waals surface area contributed by atoms with Crippen LogP contribution >= 0.6 is 10.7 Å². The van der Waals surface area contributed by atoms with Gasteiger partial charge < -0.3 is 24.7 Å². The van der Waals surface area contributed by atoms with E-state index in [-0.39, 0.29) is 27.3 Å². The number of carbonyl (C=O) groups is 1. The van der Waals surface area contributed by atoms with Gasteiger partial charge in [-0.3, -0.25) is 24.5 Å². The molecule has 60 heavy (non-hydrogen) atoms. The lowest BCUT2D eigenvalue weighted by Crippen LogP contribution is -2.65. The number of nitrogens with one attached hydrogen (secondary N) is 3. The number of H-pyrrole nitrogens is 1. The zero-order valence-corrected chi connectivity index (χ0v) is 35.7. The topological polar surface area (TPSA) is 138 Å². The number of halogens is 1. The lowest BCUT2D eigenvalue weighted by molar-refractivity contribution is -0.384. The summed E-state index contributed by atoms with van der Waals surface area (Å²) in [7, 11) is -0.947. The van der Waals surface area contributed by atoms with Crippen molar-refractivity contribution >= 4 is 50.0 Å². The van der Waals surface area contributed by atoms with Crippen molar-refractivity contribution in [3.05, 3.63) is 87.7 Å². The highest BCUT2D eigenvalue weighted by Crippen LogP contribution is 2.74. The van der Waals surface area contributed by atoms with E-state index in [0.717, 1.165) is 94.4 Å². The van der Waals surface area contributed by atoms with E-state index in [1.807, 2.05) is 48.8 Å². The first kappa shape index (κ1) is 40.6. The number of nitro groups is 1. The number of ether oxygens (including phenoxy) is 2. The number of nitro benzene ring substituents is 1. The zero-order chi connectivity index (χ0) is 41.6. The van der Waals surface area contributed by atoms with Crippen molar-refractivity contribution in [3.63, 3.8) is 0 Å². The largest absolute Gasteiger partial charge is 0.455 e. The maximum Gasteiger partial charge on any atom is 0.293 e. The number of allylic oxidation sites excluding steroid dienone is 1. The number of nitrogens with zero attached hydrogens (tertiary/aromatic N) is 4. The standard InChI is InChI=1S/C46H56FN7O5S/c1-4-60(36-6-8-39(40(23-36)54(56)57)49-25-31-11-19-58-20-12-31)51-43(55)37-7-5-34(22-41(37)59-35-21-32-10-14-48-42(32)50-26-35)53-17-15-52(16-18-53)27-33-9-13-44(2,3)24-38(33)45-28-46(47,29-45)30-45/h4-8,10,14,21-23,26,31,49H,9,11-13,15-20,24-25,27-30H2,1-3H3,(H,48,50)(H,51,55). The van der Waals surface area contributed by atoms with Crippen LogP contribution in [0.4, 0.5) is 21.5 Å². The molecule has 12 nitrogen and oxygen atoms in total. The van der Waals surface area contributed by atoms with E-state index in [1.165, 1.54) is 6.42 Å². The van der Waals surface area contributed by atoms with E-state index in [2.05, 4.69) is 43.7 Å². The first-order valence-corrected chi connectivity index (χ1v) is 22.7. The van der Waals surface area contributed by atoms with Gasteiger partial charge in [-0.15, -0.1) is 0 Å². The van der Waals surface area contributed by atoms with Crippen LogP contribution in [0.25, 0.3) is 11.0 Å². The number of pyridine rings is 1. The summed E-state index contributed by atoms with van der Waals surface area (Å²) in [5.41, 5.74) is 5.09. The number of anilines is 2. The van der Waals surface area contributed by atoms with Crippen LogP contribution in [0.3, 0.4) is 0 Å². The van der Waals surface area contributed by atoms with E-state index in [9.17, 15) is 19.3 Å². The second-order valence-electron chi connectivity index (χ2n) is 18.4. The molecule has 1 amide bonds. The average molecular weight is 838 g/mol. The Kier molecular flexibility index (Phi) is 11.0. The Labute approximate surface area is 353 Å². The summed E-state index contributed by atoms with van der Waals surface area (Å²) < 4.78 is 29.8. The van der Waals surface area contributed by atoms with Crippen LogP contribution in [0.1, 0.15) is 82.5 Å². The van der Waals surface area contributed by atoms with E-state index in [0.29, 0.717) is 53.3 Å². The predicted molar refractivity (Wildman–Crippen MR) is 236 cm³/mol. The van der Waals surface area contributed by atoms with Gasteiger partial charge in [0.15, 0.2) is 0 Å². The summed E-state index contributed by atoms with van der Waals surface area (Å²) in [6.45, 7) is 13.0. The van der Waals surface area contributed by atoms with Crippen molar-refractivity contribution in [3.8, 4) is 11.5 Å². The van der Waals surface area contributed by atoms with Crippen LogP contribution in [-0.4, -0.2) is 89.2 Å². The van der Waals surface area contributed by atoms with Gasteiger partial charge in [-0.1, -0.05) is 35.7 Å². The third-order valence-electron chi connectivity index (χ3n) is 13.5. The van der Waals surface area contributed by atoms with Gasteiger partial charge in [0, 0.05) is 92.2 Å². The van der Waals surface area contributed by atoms with Crippen molar-refractivity contribution in [2.75, 3.05) is 62.7 Å². The third-order valence-corrected chi connectivity index (χ3v) is 15.2. The summed E-state index contributed by atoms with van der Waals surface area (Å²) in [4.78, 5) is 39.2. The highest BCUT2D eigenvalue weighted by Gasteiger charge is 2.70. The molecule has 3 N–H and O–H groups in total. The quantitative estimate of drug-likeness (QED) is 0.0521. The minimum Gasteiger partial charge on any atom is -0.455 e. The van der Waals surface area contributed by atoms with Crippen molar-refractivity contribution in [2.45, 2.75) is 82.7 Å². The molecule has 10 rings (SSSR count). The van der Waals surface area contributed by atoms with Gasteiger partial charge in [-0.2, -0.15) is 0 Å². The van der Waals surface area contributed by atoms with Gasteiger partial charge in [-0.05, 0) is 111 Å². The van der Waals surface area contributed by atoms with Gasteiger partial charge in [-0.25, -0.2) is 9.37 Å². The number of hydrogen-bond acceptors (Lipinski definition) is 9. The van der Waals surface area contributed by atoms with Crippen LogP contribution in [0.15, 0.2) is 77.0 Å². The molecule has 14 heteroatoms. The number of amides is 1. The molecule has 4 aromatic rings. The minimum atomic E-state index is -0.947. The molecule has 2 aromatic heterocycles. The van der Waals surface area contributed by atoms with E-state index in [1.54, 1.807) is 35.5 Å². The first-order chi connectivity index (χ1) is 28.9. The normalized spacial score (nSPS) is 24.8. The molecule has 6 aliphatic rings. The highest BCUT2D eigenvalue weighted by atomic mass is 32.2. The third kappa shape index (κ3) is 8.30. The maximum absolute atomic E-state index is 14.7. The maximum atomic E-state index is 14.7. The molecule has 1 unspecified atom stereocenters. The number of aromatic nitrogens is 2. The number of benzene rings is 2. The summed E-state index contributed by atoms with van der Waals surface area (Å²) in [6.07, 6.45) is 10.8. The van der Waals surface area contributed by atoms with Crippen LogP contribution in [-0.2, 0) is 4.74 Å². The molecule has 2 bridgehead atoms. The Bertz CT molecular complexity index is 2340. The van der Waals surface area contributed by atoms with Gasteiger partial charge in [0.05, 0.1) is 16.7 Å². The first-order valence-electron chi connectivity index (χ1n) is 21.4. The molecule has 3 saturated carbocycles. The second-order valence-corrected chi connectivity index (χ2v) is 20.2. The predicted octanol–water partition coefficient (Wildman–Crippen LogP) is 9.42. The summed E-state index contributed by atoms with van der Waals surface area (Å²) in [5, 5.41) is 18.3. The average Bonchev–Trinajstić information content (AvgIpc) is 3.70. The van der Waals surface area contributed by atoms with E-state index >= 15 is 0 Å². The van der Waals surface area contributed by atoms with Gasteiger partial charge >= 0.3 is 0 Å². The van der Waals surface area contributed by atoms with E-state index in [4.69, 9.17) is 9.47 Å². The lowest BCUT2D eigenvalue weighted by Gasteiger charge is -2.68. The Hall–Kier alpha value is -4.79. The lowest BCUT2D eigenvalue weighted by atomic mass is 9.38. The molecule has 1 atom stereocenters. The molecule has 2 aliphatic heterocycles. The molecule has 0 spiro atoms. The number of alkyl halides is 1. The number of rotatable bonds is 13. The van der Waals surface area contributed by atoms with E-state index < -0.39 is 16.3 Å². The molecule has 4 aliphatic carbocycles. The monoisotopic (exact) mass is 837 g/mol. The van der Waals surface area contributed by atoms with Crippen LogP contribution in [0.5, 0.6) is 11.5 Å². The Morgan fingerprint density at radius 2 is 1.88 bits per heavy atom. The second kappa shape index (κ2) is 16.2. The van der Waals surface area contributed by atoms with Gasteiger partial charge in [0.1, 0.15) is 28.5 Å². The molecule has 318 valence electrons. The SMILES string of the molecule is C/C=S(\NC(=O)c1ccc(N2CCN(CC3=C(C45CC(F)(C4)C5)CC(C)(C)CC3)CC2)cc1Oc1cnc2[nH]ccc2c1)c1ccc(NCC2CCOCC2)c([N+](=O)[O-])c1.